The highest BCUT2D eigenvalue weighted by Gasteiger charge is 2.16. The molecule has 0 saturated carbocycles. The zero-order chi connectivity index (χ0) is 14.1. The van der Waals surface area contributed by atoms with Crippen molar-refractivity contribution in [1.82, 2.24) is 0 Å². The molecular formula is C15H14BrN3O. The molecule has 0 fully saturated rings. The van der Waals surface area contributed by atoms with Crippen LogP contribution in [0.2, 0.25) is 0 Å². The predicted octanol–water partition coefficient (Wildman–Crippen LogP) is 3.66. The Morgan fingerprint density at radius 3 is 2.65 bits per heavy atom. The van der Waals surface area contributed by atoms with E-state index in [9.17, 15) is 4.79 Å². The van der Waals surface area contributed by atoms with Crippen molar-refractivity contribution in [2.75, 3.05) is 16.4 Å². The van der Waals surface area contributed by atoms with Crippen LogP contribution in [0.15, 0.2) is 40.9 Å². The molecule has 2 aromatic rings. The largest absolute Gasteiger partial charge is 0.397 e. The normalized spacial score (nSPS) is 13.6. The fraction of sp³-hybridized carbons (Fsp3) is 0.133. The van der Waals surface area contributed by atoms with Crippen molar-refractivity contribution in [3.8, 4) is 0 Å². The number of carbonyl (C=O) groups excluding carboxylic acids is 1. The highest BCUT2D eigenvalue weighted by atomic mass is 79.9. The van der Waals surface area contributed by atoms with E-state index in [2.05, 4.69) is 26.6 Å². The number of halogens is 1. The van der Waals surface area contributed by atoms with Crippen LogP contribution in [0.1, 0.15) is 12.0 Å². The molecule has 0 bridgehead atoms. The summed E-state index contributed by atoms with van der Waals surface area (Å²) >= 11 is 3.40. The molecule has 4 N–H and O–H groups in total. The third-order valence-electron chi connectivity index (χ3n) is 3.29. The first kappa shape index (κ1) is 13.0. The fourth-order valence-corrected chi connectivity index (χ4v) is 2.51. The quantitative estimate of drug-likeness (QED) is 0.735. The van der Waals surface area contributed by atoms with Gasteiger partial charge in [0.05, 0.1) is 11.4 Å². The molecule has 0 atom stereocenters. The minimum Gasteiger partial charge on any atom is -0.397 e. The first-order chi connectivity index (χ1) is 9.61. The smallest absolute Gasteiger partial charge is 0.224 e. The van der Waals surface area contributed by atoms with Gasteiger partial charge in [-0.15, -0.1) is 0 Å². The molecule has 1 heterocycles. The fourth-order valence-electron chi connectivity index (χ4n) is 2.24. The van der Waals surface area contributed by atoms with E-state index in [1.165, 1.54) is 0 Å². The second kappa shape index (κ2) is 5.17. The van der Waals surface area contributed by atoms with Crippen LogP contribution in [0.5, 0.6) is 0 Å². The van der Waals surface area contributed by atoms with Gasteiger partial charge in [0.2, 0.25) is 5.91 Å². The number of nitrogen functional groups attached to an aromatic ring is 1. The molecule has 0 spiro atoms. The molecule has 0 unspecified atom stereocenters. The lowest BCUT2D eigenvalue weighted by atomic mass is 10.0. The summed E-state index contributed by atoms with van der Waals surface area (Å²) in [6.45, 7) is 0. The van der Waals surface area contributed by atoms with Crippen molar-refractivity contribution in [2.24, 2.45) is 0 Å². The third-order valence-corrected chi connectivity index (χ3v) is 3.82. The van der Waals surface area contributed by atoms with E-state index in [0.717, 1.165) is 33.5 Å². The minimum absolute atomic E-state index is 0.0527. The van der Waals surface area contributed by atoms with Gasteiger partial charge in [-0.3, -0.25) is 4.79 Å². The van der Waals surface area contributed by atoms with E-state index < -0.39 is 0 Å². The van der Waals surface area contributed by atoms with Gasteiger partial charge in [0.25, 0.3) is 0 Å². The summed E-state index contributed by atoms with van der Waals surface area (Å²) in [5.74, 6) is 0.0527. The molecule has 5 heteroatoms. The van der Waals surface area contributed by atoms with Crippen LogP contribution in [0.4, 0.5) is 22.7 Å². The third kappa shape index (κ3) is 2.63. The van der Waals surface area contributed by atoms with Crippen LogP contribution in [-0.4, -0.2) is 5.91 Å². The number of carbonyl (C=O) groups is 1. The van der Waals surface area contributed by atoms with Crippen molar-refractivity contribution in [3.63, 3.8) is 0 Å². The lowest BCUT2D eigenvalue weighted by Crippen LogP contribution is -2.19. The molecule has 1 aliphatic heterocycles. The van der Waals surface area contributed by atoms with Crippen LogP contribution < -0.4 is 16.4 Å². The van der Waals surface area contributed by atoms with Gasteiger partial charge in [-0.05, 0) is 48.4 Å². The Bertz CT molecular complexity index is 668. The van der Waals surface area contributed by atoms with Crippen molar-refractivity contribution in [1.29, 1.82) is 0 Å². The van der Waals surface area contributed by atoms with E-state index in [-0.39, 0.29) is 5.91 Å². The molecule has 2 aromatic carbocycles. The number of aryl methyl sites for hydroxylation is 1. The van der Waals surface area contributed by atoms with Gasteiger partial charge in [0.1, 0.15) is 0 Å². The Morgan fingerprint density at radius 2 is 1.90 bits per heavy atom. The van der Waals surface area contributed by atoms with E-state index in [0.29, 0.717) is 12.1 Å². The zero-order valence-electron chi connectivity index (χ0n) is 10.7. The summed E-state index contributed by atoms with van der Waals surface area (Å²) in [6, 6.07) is 11.7. The highest BCUT2D eigenvalue weighted by molar-refractivity contribution is 9.10. The van der Waals surface area contributed by atoms with Crippen LogP contribution in [0, 0.1) is 0 Å². The number of hydrogen-bond acceptors (Lipinski definition) is 3. The second-order valence-electron chi connectivity index (χ2n) is 4.78. The molecule has 1 amide bonds. The number of amides is 1. The van der Waals surface area contributed by atoms with E-state index in [1.807, 2.05) is 36.4 Å². The van der Waals surface area contributed by atoms with Crippen molar-refractivity contribution >= 4 is 44.6 Å². The Kier molecular flexibility index (Phi) is 3.36. The number of nitrogens with one attached hydrogen (secondary N) is 2. The average Bonchev–Trinajstić information content (AvgIpc) is 2.42. The average molecular weight is 332 g/mol. The highest BCUT2D eigenvalue weighted by Crippen LogP contribution is 2.32. The summed E-state index contributed by atoms with van der Waals surface area (Å²) < 4.78 is 1.02. The first-order valence-electron chi connectivity index (χ1n) is 6.36. The zero-order valence-corrected chi connectivity index (χ0v) is 12.3. The van der Waals surface area contributed by atoms with Gasteiger partial charge < -0.3 is 16.4 Å². The molecular weight excluding hydrogens is 318 g/mol. The lowest BCUT2D eigenvalue weighted by Gasteiger charge is -2.19. The number of benzene rings is 2. The lowest BCUT2D eigenvalue weighted by molar-refractivity contribution is -0.116. The van der Waals surface area contributed by atoms with Crippen LogP contribution in [0.25, 0.3) is 0 Å². The first-order valence-corrected chi connectivity index (χ1v) is 7.16. The van der Waals surface area contributed by atoms with Gasteiger partial charge >= 0.3 is 0 Å². The van der Waals surface area contributed by atoms with E-state index in [4.69, 9.17) is 5.73 Å². The second-order valence-corrected chi connectivity index (χ2v) is 5.69. The van der Waals surface area contributed by atoms with Gasteiger partial charge in [-0.1, -0.05) is 15.9 Å². The van der Waals surface area contributed by atoms with Gasteiger partial charge in [-0.2, -0.15) is 0 Å². The minimum atomic E-state index is 0.0527. The number of anilines is 4. The number of nitrogens with two attached hydrogens (primary N) is 1. The maximum absolute atomic E-state index is 11.4. The molecule has 0 radical (unpaired) electrons. The number of rotatable bonds is 2. The van der Waals surface area contributed by atoms with Gasteiger partial charge in [-0.25, -0.2) is 0 Å². The number of hydrogen-bond donors (Lipinski definition) is 3. The predicted molar refractivity (Wildman–Crippen MR) is 85.2 cm³/mol. The Balaban J connectivity index is 1.91. The maximum atomic E-state index is 11.4. The Hall–Kier alpha value is -2.01. The number of fused-ring (bicyclic) bond motifs is 1. The molecule has 20 heavy (non-hydrogen) atoms. The van der Waals surface area contributed by atoms with Crippen molar-refractivity contribution in [2.45, 2.75) is 12.8 Å². The molecule has 3 rings (SSSR count). The summed E-state index contributed by atoms with van der Waals surface area (Å²) in [7, 11) is 0. The van der Waals surface area contributed by atoms with Gasteiger partial charge in [0.15, 0.2) is 0 Å². The van der Waals surface area contributed by atoms with Gasteiger partial charge in [0, 0.05) is 22.3 Å². The van der Waals surface area contributed by atoms with E-state index in [1.54, 1.807) is 0 Å². The molecule has 1 aliphatic rings. The molecule has 4 nitrogen and oxygen atoms in total. The topological polar surface area (TPSA) is 67.2 Å². The Morgan fingerprint density at radius 1 is 1.15 bits per heavy atom. The molecule has 0 aliphatic carbocycles. The van der Waals surface area contributed by atoms with Crippen LogP contribution in [-0.2, 0) is 11.2 Å². The monoisotopic (exact) mass is 331 g/mol. The van der Waals surface area contributed by atoms with Crippen LogP contribution in [0.3, 0.4) is 0 Å². The maximum Gasteiger partial charge on any atom is 0.224 e. The van der Waals surface area contributed by atoms with Crippen molar-refractivity contribution in [3.05, 3.63) is 46.4 Å². The standard InChI is InChI=1S/C15H14BrN3O/c16-10-2-4-11(5-3-10)18-14-8-13-9(7-12(14)17)1-6-15(20)19-13/h2-5,7-8,18H,1,6,17H2,(H,19,20). The molecule has 102 valence electrons. The van der Waals surface area contributed by atoms with Crippen LogP contribution >= 0.6 is 15.9 Å². The summed E-state index contributed by atoms with van der Waals surface area (Å²) in [5, 5.41) is 6.15. The Labute approximate surface area is 125 Å². The summed E-state index contributed by atoms with van der Waals surface area (Å²) in [6.07, 6.45) is 1.26. The SMILES string of the molecule is Nc1cc2c(cc1Nc1ccc(Br)cc1)NC(=O)CC2. The summed E-state index contributed by atoms with van der Waals surface area (Å²) in [5.41, 5.74) is 10.4. The molecule has 0 aromatic heterocycles. The van der Waals surface area contributed by atoms with E-state index >= 15 is 0 Å². The summed E-state index contributed by atoms with van der Waals surface area (Å²) in [4.78, 5) is 11.4. The molecule has 0 saturated heterocycles. The van der Waals surface area contributed by atoms with Crippen molar-refractivity contribution < 1.29 is 4.79 Å².